The van der Waals surface area contributed by atoms with Crippen molar-refractivity contribution in [3.63, 3.8) is 0 Å². The van der Waals surface area contributed by atoms with Gasteiger partial charge in [-0.25, -0.2) is 9.97 Å². The third-order valence-electron chi connectivity index (χ3n) is 2.22. The number of rotatable bonds is 2. The molecule has 76 valence electrons. The van der Waals surface area contributed by atoms with Gasteiger partial charge in [0, 0.05) is 5.69 Å². The number of nitrogens with zero attached hydrogens (tertiary/aromatic N) is 2. The zero-order valence-electron chi connectivity index (χ0n) is 8.86. The monoisotopic (exact) mass is 199 g/mol. The van der Waals surface area contributed by atoms with Crippen molar-refractivity contribution in [3.8, 4) is 0 Å². The van der Waals surface area contributed by atoms with Crippen molar-refractivity contribution in [2.75, 3.05) is 5.32 Å². The van der Waals surface area contributed by atoms with Crippen LogP contribution in [0.15, 0.2) is 36.9 Å². The van der Waals surface area contributed by atoms with Crippen molar-refractivity contribution in [1.82, 2.24) is 9.97 Å². The number of anilines is 2. The fraction of sp³-hybridized carbons (Fsp3) is 0.167. The maximum atomic E-state index is 3.95. The van der Waals surface area contributed by atoms with Gasteiger partial charge in [-0.1, -0.05) is 17.7 Å². The van der Waals surface area contributed by atoms with Crippen molar-refractivity contribution in [2.24, 2.45) is 0 Å². The molecule has 2 aromatic rings. The van der Waals surface area contributed by atoms with Gasteiger partial charge in [-0.05, 0) is 25.5 Å². The molecular formula is C12H13N3. The van der Waals surface area contributed by atoms with Crippen LogP contribution in [0.4, 0.5) is 11.4 Å². The second-order valence-corrected chi connectivity index (χ2v) is 3.57. The Bertz CT molecular complexity index is 452. The summed E-state index contributed by atoms with van der Waals surface area (Å²) in [6, 6.07) is 6.29. The Balaban J connectivity index is 2.25. The standard InChI is InChI=1S/C12H13N3/c1-9-3-4-12(10(2)5-9)15-11-6-13-8-14-7-11/h3-8,15H,1-2H3. The lowest BCUT2D eigenvalue weighted by molar-refractivity contribution is 1.17. The van der Waals surface area contributed by atoms with E-state index in [1.165, 1.54) is 17.5 Å². The van der Waals surface area contributed by atoms with Gasteiger partial charge >= 0.3 is 0 Å². The van der Waals surface area contributed by atoms with Gasteiger partial charge in [-0.15, -0.1) is 0 Å². The number of aromatic nitrogens is 2. The summed E-state index contributed by atoms with van der Waals surface area (Å²) >= 11 is 0. The molecule has 0 unspecified atom stereocenters. The summed E-state index contributed by atoms with van der Waals surface area (Å²) in [6.07, 6.45) is 5.03. The highest BCUT2D eigenvalue weighted by molar-refractivity contribution is 5.61. The Morgan fingerprint density at radius 3 is 2.47 bits per heavy atom. The summed E-state index contributed by atoms with van der Waals surface area (Å²) in [6.45, 7) is 4.17. The normalized spacial score (nSPS) is 10.0. The quantitative estimate of drug-likeness (QED) is 0.808. The van der Waals surface area contributed by atoms with Gasteiger partial charge in [-0.3, -0.25) is 0 Å². The lowest BCUT2D eigenvalue weighted by Crippen LogP contribution is -1.94. The van der Waals surface area contributed by atoms with E-state index in [0.717, 1.165) is 11.4 Å². The van der Waals surface area contributed by atoms with E-state index in [-0.39, 0.29) is 0 Å². The summed E-state index contributed by atoms with van der Waals surface area (Å²) < 4.78 is 0. The average Bonchev–Trinajstić information content (AvgIpc) is 2.24. The van der Waals surface area contributed by atoms with Crippen LogP contribution in [0.1, 0.15) is 11.1 Å². The van der Waals surface area contributed by atoms with Crippen LogP contribution in [0.25, 0.3) is 0 Å². The molecule has 2 rings (SSSR count). The van der Waals surface area contributed by atoms with Gasteiger partial charge in [0.1, 0.15) is 6.33 Å². The van der Waals surface area contributed by atoms with E-state index in [9.17, 15) is 0 Å². The molecule has 1 N–H and O–H groups in total. The van der Waals surface area contributed by atoms with Crippen LogP contribution in [0.2, 0.25) is 0 Å². The molecule has 0 aliphatic carbocycles. The lowest BCUT2D eigenvalue weighted by atomic mass is 10.1. The van der Waals surface area contributed by atoms with Gasteiger partial charge in [0.15, 0.2) is 0 Å². The Morgan fingerprint density at radius 1 is 1.07 bits per heavy atom. The summed E-state index contributed by atoms with van der Waals surface area (Å²) in [5.74, 6) is 0. The smallest absolute Gasteiger partial charge is 0.115 e. The molecule has 0 saturated carbocycles. The van der Waals surface area contributed by atoms with E-state index in [1.54, 1.807) is 12.4 Å². The van der Waals surface area contributed by atoms with E-state index in [4.69, 9.17) is 0 Å². The molecule has 0 aliphatic heterocycles. The molecule has 0 bridgehead atoms. The first-order chi connectivity index (χ1) is 7.25. The first kappa shape index (κ1) is 9.65. The zero-order chi connectivity index (χ0) is 10.7. The van der Waals surface area contributed by atoms with Crippen molar-refractivity contribution >= 4 is 11.4 Å². The largest absolute Gasteiger partial charge is 0.353 e. The highest BCUT2D eigenvalue weighted by Crippen LogP contribution is 2.19. The second kappa shape index (κ2) is 4.09. The van der Waals surface area contributed by atoms with Crippen LogP contribution >= 0.6 is 0 Å². The van der Waals surface area contributed by atoms with Crippen LogP contribution in [0.5, 0.6) is 0 Å². The first-order valence-electron chi connectivity index (χ1n) is 4.85. The van der Waals surface area contributed by atoms with E-state index in [2.05, 4.69) is 47.3 Å². The summed E-state index contributed by atoms with van der Waals surface area (Å²) in [5.41, 5.74) is 4.49. The second-order valence-electron chi connectivity index (χ2n) is 3.57. The van der Waals surface area contributed by atoms with Crippen LogP contribution in [-0.2, 0) is 0 Å². The fourth-order valence-corrected chi connectivity index (χ4v) is 1.47. The number of aryl methyl sites for hydroxylation is 2. The number of nitrogens with one attached hydrogen (secondary N) is 1. The van der Waals surface area contributed by atoms with Crippen LogP contribution in [0.3, 0.4) is 0 Å². The van der Waals surface area contributed by atoms with Crippen molar-refractivity contribution in [3.05, 3.63) is 48.0 Å². The summed E-state index contributed by atoms with van der Waals surface area (Å²) in [7, 11) is 0. The van der Waals surface area contributed by atoms with Crippen molar-refractivity contribution in [1.29, 1.82) is 0 Å². The van der Waals surface area contributed by atoms with Crippen LogP contribution in [0, 0.1) is 13.8 Å². The molecule has 0 atom stereocenters. The third kappa shape index (κ3) is 2.31. The van der Waals surface area contributed by atoms with Crippen LogP contribution < -0.4 is 5.32 Å². The minimum absolute atomic E-state index is 0.907. The first-order valence-corrected chi connectivity index (χ1v) is 4.85. The summed E-state index contributed by atoms with van der Waals surface area (Å²) in [5, 5.41) is 3.27. The van der Waals surface area contributed by atoms with Gasteiger partial charge in [0.2, 0.25) is 0 Å². The molecule has 3 nitrogen and oxygen atoms in total. The van der Waals surface area contributed by atoms with Crippen LogP contribution in [-0.4, -0.2) is 9.97 Å². The minimum atomic E-state index is 0.907. The Kier molecular flexibility index (Phi) is 2.63. The average molecular weight is 199 g/mol. The molecule has 0 amide bonds. The SMILES string of the molecule is Cc1ccc(Nc2cncnc2)c(C)c1. The molecule has 15 heavy (non-hydrogen) atoms. The van der Waals surface area contributed by atoms with Gasteiger partial charge in [0.25, 0.3) is 0 Å². The molecule has 0 fully saturated rings. The molecule has 0 spiro atoms. The zero-order valence-corrected chi connectivity index (χ0v) is 8.86. The summed E-state index contributed by atoms with van der Waals surface area (Å²) in [4.78, 5) is 7.91. The molecular weight excluding hydrogens is 186 g/mol. The Morgan fingerprint density at radius 2 is 1.80 bits per heavy atom. The highest BCUT2D eigenvalue weighted by atomic mass is 14.9. The highest BCUT2D eigenvalue weighted by Gasteiger charge is 1.98. The molecule has 1 aromatic heterocycles. The lowest BCUT2D eigenvalue weighted by Gasteiger charge is -2.09. The number of hydrogen-bond donors (Lipinski definition) is 1. The maximum Gasteiger partial charge on any atom is 0.115 e. The Labute approximate surface area is 89.2 Å². The van der Waals surface area contributed by atoms with E-state index in [0.29, 0.717) is 0 Å². The minimum Gasteiger partial charge on any atom is -0.353 e. The molecule has 0 radical (unpaired) electrons. The van der Waals surface area contributed by atoms with Crippen molar-refractivity contribution < 1.29 is 0 Å². The van der Waals surface area contributed by atoms with E-state index in [1.807, 2.05) is 0 Å². The van der Waals surface area contributed by atoms with E-state index >= 15 is 0 Å². The molecule has 1 heterocycles. The maximum absolute atomic E-state index is 3.95. The molecule has 0 saturated heterocycles. The molecule has 3 heteroatoms. The third-order valence-corrected chi connectivity index (χ3v) is 2.22. The van der Waals surface area contributed by atoms with Gasteiger partial charge in [0.05, 0.1) is 18.1 Å². The number of benzene rings is 1. The topological polar surface area (TPSA) is 37.8 Å². The fourth-order valence-electron chi connectivity index (χ4n) is 1.47. The predicted octanol–water partition coefficient (Wildman–Crippen LogP) is 2.84. The molecule has 0 aliphatic rings. The Hall–Kier alpha value is -1.90. The van der Waals surface area contributed by atoms with E-state index < -0.39 is 0 Å². The predicted molar refractivity (Wildman–Crippen MR) is 61.2 cm³/mol. The molecule has 1 aromatic carbocycles. The van der Waals surface area contributed by atoms with Gasteiger partial charge < -0.3 is 5.32 Å². The van der Waals surface area contributed by atoms with Gasteiger partial charge in [-0.2, -0.15) is 0 Å². The number of hydrogen-bond acceptors (Lipinski definition) is 3. The van der Waals surface area contributed by atoms with Crippen molar-refractivity contribution in [2.45, 2.75) is 13.8 Å².